The van der Waals surface area contributed by atoms with Gasteiger partial charge in [-0.2, -0.15) is 0 Å². The zero-order valence-electron chi connectivity index (χ0n) is 11.4. The number of anilines is 4. The Kier molecular flexibility index (Phi) is 3.97. The average molecular weight is 312 g/mol. The Morgan fingerprint density at radius 2 is 1.68 bits per heavy atom. The van der Waals surface area contributed by atoms with E-state index in [1.54, 1.807) is 24.4 Å². The standard InChI is InChI=1S/C15H12N4O2S/c20-19(21)14-4-2-1-3-13(14)17-11-5-7-12(8-6-11)18-15-16-9-10-22-15/h1-10,17H,(H,16,18). The fraction of sp³-hybridized carbons (Fsp3) is 0. The Labute approximate surface area is 130 Å². The van der Waals surface area contributed by atoms with Gasteiger partial charge in [0.15, 0.2) is 5.13 Å². The van der Waals surface area contributed by atoms with Gasteiger partial charge in [-0.3, -0.25) is 10.1 Å². The highest BCUT2D eigenvalue weighted by Crippen LogP contribution is 2.28. The lowest BCUT2D eigenvalue weighted by Gasteiger charge is -2.08. The zero-order chi connectivity index (χ0) is 15.4. The molecule has 1 aromatic heterocycles. The van der Waals surface area contributed by atoms with Gasteiger partial charge in [-0.15, -0.1) is 11.3 Å². The van der Waals surface area contributed by atoms with Crippen molar-refractivity contribution in [3.05, 3.63) is 70.2 Å². The van der Waals surface area contributed by atoms with Crippen LogP contribution in [0.2, 0.25) is 0 Å². The largest absolute Gasteiger partial charge is 0.350 e. The van der Waals surface area contributed by atoms with Gasteiger partial charge < -0.3 is 10.6 Å². The van der Waals surface area contributed by atoms with Crippen LogP contribution in [0.5, 0.6) is 0 Å². The Morgan fingerprint density at radius 3 is 2.32 bits per heavy atom. The minimum atomic E-state index is -0.402. The van der Waals surface area contributed by atoms with Gasteiger partial charge in [-0.25, -0.2) is 4.98 Å². The zero-order valence-corrected chi connectivity index (χ0v) is 12.2. The fourth-order valence-corrected chi connectivity index (χ4v) is 2.49. The molecular formula is C15H12N4O2S. The SMILES string of the molecule is O=[N+]([O-])c1ccccc1Nc1ccc(Nc2nccs2)cc1. The van der Waals surface area contributed by atoms with Gasteiger partial charge in [0.2, 0.25) is 0 Å². The number of nitrogens with one attached hydrogen (secondary N) is 2. The molecule has 0 saturated heterocycles. The Bertz CT molecular complexity index is 773. The van der Waals surface area contributed by atoms with Gasteiger partial charge in [0.1, 0.15) is 5.69 Å². The molecule has 0 amide bonds. The van der Waals surface area contributed by atoms with E-state index in [2.05, 4.69) is 15.6 Å². The molecule has 1 heterocycles. The third kappa shape index (κ3) is 3.21. The van der Waals surface area contributed by atoms with E-state index in [0.717, 1.165) is 16.5 Å². The molecule has 7 heteroatoms. The van der Waals surface area contributed by atoms with Crippen LogP contribution in [0.15, 0.2) is 60.1 Å². The minimum absolute atomic E-state index is 0.0486. The maximum absolute atomic E-state index is 11.0. The summed E-state index contributed by atoms with van der Waals surface area (Å²) in [6.07, 6.45) is 1.73. The van der Waals surface area contributed by atoms with Crippen LogP contribution >= 0.6 is 11.3 Å². The molecule has 0 fully saturated rings. The summed E-state index contributed by atoms with van der Waals surface area (Å²) in [6.45, 7) is 0. The van der Waals surface area contributed by atoms with Crippen molar-refractivity contribution in [2.45, 2.75) is 0 Å². The first-order valence-electron chi connectivity index (χ1n) is 6.49. The van der Waals surface area contributed by atoms with Gasteiger partial charge in [0, 0.05) is 29.0 Å². The van der Waals surface area contributed by atoms with Crippen molar-refractivity contribution in [1.29, 1.82) is 0 Å². The van der Waals surface area contributed by atoms with Crippen LogP contribution in [0.3, 0.4) is 0 Å². The number of benzene rings is 2. The number of rotatable bonds is 5. The summed E-state index contributed by atoms with van der Waals surface area (Å²) in [4.78, 5) is 14.7. The maximum Gasteiger partial charge on any atom is 0.292 e. The smallest absolute Gasteiger partial charge is 0.292 e. The summed E-state index contributed by atoms with van der Waals surface area (Å²) in [5.74, 6) is 0. The Hall–Kier alpha value is -2.93. The van der Waals surface area contributed by atoms with Crippen molar-refractivity contribution < 1.29 is 4.92 Å². The second kappa shape index (κ2) is 6.23. The molecule has 22 heavy (non-hydrogen) atoms. The van der Waals surface area contributed by atoms with E-state index in [4.69, 9.17) is 0 Å². The molecule has 3 aromatic rings. The summed E-state index contributed by atoms with van der Waals surface area (Å²) in [6, 6.07) is 14.0. The molecule has 0 atom stereocenters. The molecule has 0 saturated carbocycles. The van der Waals surface area contributed by atoms with Crippen molar-refractivity contribution in [3.8, 4) is 0 Å². The van der Waals surface area contributed by atoms with E-state index in [0.29, 0.717) is 5.69 Å². The van der Waals surface area contributed by atoms with Gasteiger partial charge in [-0.05, 0) is 30.3 Å². The van der Waals surface area contributed by atoms with Gasteiger partial charge in [0.05, 0.1) is 4.92 Å². The van der Waals surface area contributed by atoms with E-state index in [9.17, 15) is 10.1 Å². The number of hydrogen-bond acceptors (Lipinski definition) is 6. The molecule has 3 rings (SSSR count). The number of nitrogens with zero attached hydrogens (tertiary/aromatic N) is 2. The van der Waals surface area contributed by atoms with Crippen molar-refractivity contribution in [3.63, 3.8) is 0 Å². The predicted molar refractivity (Wildman–Crippen MR) is 88.2 cm³/mol. The molecule has 0 radical (unpaired) electrons. The number of nitro benzene ring substituents is 1. The first-order valence-corrected chi connectivity index (χ1v) is 7.37. The third-order valence-corrected chi connectivity index (χ3v) is 3.64. The molecule has 110 valence electrons. The molecule has 2 aromatic carbocycles. The van der Waals surface area contributed by atoms with Crippen molar-refractivity contribution in [2.24, 2.45) is 0 Å². The lowest BCUT2D eigenvalue weighted by atomic mass is 10.2. The van der Waals surface area contributed by atoms with E-state index in [1.807, 2.05) is 29.6 Å². The summed E-state index contributed by atoms with van der Waals surface area (Å²) >= 11 is 1.52. The van der Waals surface area contributed by atoms with E-state index in [-0.39, 0.29) is 5.69 Å². The van der Waals surface area contributed by atoms with E-state index < -0.39 is 4.92 Å². The third-order valence-electron chi connectivity index (χ3n) is 2.95. The van der Waals surface area contributed by atoms with E-state index in [1.165, 1.54) is 17.4 Å². The number of thiazole rings is 1. The molecule has 0 spiro atoms. The highest BCUT2D eigenvalue weighted by Gasteiger charge is 2.12. The van der Waals surface area contributed by atoms with Crippen LogP contribution in [-0.2, 0) is 0 Å². The Morgan fingerprint density at radius 1 is 1.00 bits per heavy atom. The van der Waals surface area contributed by atoms with Crippen molar-refractivity contribution in [2.75, 3.05) is 10.6 Å². The summed E-state index contributed by atoms with van der Waals surface area (Å²) < 4.78 is 0. The maximum atomic E-state index is 11.0. The first-order chi connectivity index (χ1) is 10.7. The van der Waals surface area contributed by atoms with Crippen LogP contribution in [0, 0.1) is 10.1 Å². The topological polar surface area (TPSA) is 80.1 Å². The lowest BCUT2D eigenvalue weighted by molar-refractivity contribution is -0.383. The molecule has 0 unspecified atom stereocenters. The highest BCUT2D eigenvalue weighted by atomic mass is 32.1. The number of nitro groups is 1. The lowest BCUT2D eigenvalue weighted by Crippen LogP contribution is -1.97. The van der Waals surface area contributed by atoms with Gasteiger partial charge in [0.25, 0.3) is 5.69 Å². The van der Waals surface area contributed by atoms with Crippen LogP contribution in [0.1, 0.15) is 0 Å². The predicted octanol–water partition coefficient (Wildman–Crippen LogP) is 4.54. The number of aromatic nitrogens is 1. The number of para-hydroxylation sites is 2. The molecule has 2 N–H and O–H groups in total. The second-order valence-electron chi connectivity index (χ2n) is 4.44. The summed E-state index contributed by atoms with van der Waals surface area (Å²) in [7, 11) is 0. The van der Waals surface area contributed by atoms with Crippen LogP contribution < -0.4 is 10.6 Å². The van der Waals surface area contributed by atoms with E-state index >= 15 is 0 Å². The molecule has 6 nitrogen and oxygen atoms in total. The minimum Gasteiger partial charge on any atom is -0.350 e. The van der Waals surface area contributed by atoms with Gasteiger partial charge >= 0.3 is 0 Å². The van der Waals surface area contributed by atoms with Crippen LogP contribution in [0.25, 0.3) is 0 Å². The first kappa shape index (κ1) is 14.0. The fourth-order valence-electron chi connectivity index (χ4n) is 1.94. The normalized spacial score (nSPS) is 10.2. The van der Waals surface area contributed by atoms with Crippen molar-refractivity contribution in [1.82, 2.24) is 4.98 Å². The molecule has 0 aliphatic heterocycles. The highest BCUT2D eigenvalue weighted by molar-refractivity contribution is 7.13. The van der Waals surface area contributed by atoms with Crippen LogP contribution in [0.4, 0.5) is 27.9 Å². The summed E-state index contributed by atoms with van der Waals surface area (Å²) in [5.41, 5.74) is 2.20. The molecular weight excluding hydrogens is 300 g/mol. The molecule has 0 aliphatic rings. The average Bonchev–Trinajstić information content (AvgIpc) is 3.02. The van der Waals surface area contributed by atoms with Gasteiger partial charge in [-0.1, -0.05) is 12.1 Å². The van der Waals surface area contributed by atoms with Crippen molar-refractivity contribution >= 4 is 39.2 Å². The quantitative estimate of drug-likeness (QED) is 0.534. The summed E-state index contributed by atoms with van der Waals surface area (Å²) in [5, 5.41) is 19.9. The second-order valence-corrected chi connectivity index (χ2v) is 5.33. The Balaban J connectivity index is 1.75. The monoisotopic (exact) mass is 312 g/mol. The van der Waals surface area contributed by atoms with Crippen LogP contribution in [-0.4, -0.2) is 9.91 Å². The molecule has 0 aliphatic carbocycles. The molecule has 0 bridgehead atoms. The number of hydrogen-bond donors (Lipinski definition) is 2.